The first kappa shape index (κ1) is 29.9. The van der Waals surface area contributed by atoms with Crippen LogP contribution in [0.4, 0.5) is 5.69 Å². The van der Waals surface area contributed by atoms with Gasteiger partial charge in [0.15, 0.2) is 5.69 Å². The average Bonchev–Trinajstić information content (AvgIpc) is 3.60. The number of carbonyl (C=O) groups excluding carboxylic acids is 1. The topological polar surface area (TPSA) is 170 Å². The van der Waals surface area contributed by atoms with Gasteiger partial charge in [0.2, 0.25) is 5.89 Å². The zero-order chi connectivity index (χ0) is 30.7. The van der Waals surface area contributed by atoms with Gasteiger partial charge in [-0.3, -0.25) is 0 Å². The van der Waals surface area contributed by atoms with Crippen LogP contribution in [-0.2, 0) is 17.5 Å². The SMILES string of the molecule is COC(=O)c1c(N)c2c(-c3ccc(OCC(O)CO)cc3)c(C#N)c(SCc3coc(-c4ccc(Cl)cc4)n3)nc2n1C. The zero-order valence-electron chi connectivity index (χ0n) is 23.1. The Morgan fingerprint density at radius 3 is 2.53 bits per heavy atom. The van der Waals surface area contributed by atoms with Crippen molar-refractivity contribution in [1.29, 1.82) is 5.26 Å². The number of nitrogen functional groups attached to an aromatic ring is 1. The molecule has 0 spiro atoms. The number of hydrogen-bond donors (Lipinski definition) is 3. The summed E-state index contributed by atoms with van der Waals surface area (Å²) in [7, 11) is 2.92. The molecule has 1 unspecified atom stereocenters. The molecule has 13 heteroatoms. The van der Waals surface area contributed by atoms with Gasteiger partial charge >= 0.3 is 5.97 Å². The highest BCUT2D eigenvalue weighted by molar-refractivity contribution is 7.98. The molecule has 11 nitrogen and oxygen atoms in total. The summed E-state index contributed by atoms with van der Waals surface area (Å²) >= 11 is 7.28. The van der Waals surface area contributed by atoms with Gasteiger partial charge in [-0.05, 0) is 42.0 Å². The lowest BCUT2D eigenvalue weighted by Gasteiger charge is -2.13. The first-order valence-electron chi connectivity index (χ1n) is 12.9. The van der Waals surface area contributed by atoms with Gasteiger partial charge in [0.25, 0.3) is 0 Å². The number of esters is 1. The molecule has 0 fully saturated rings. The number of benzene rings is 2. The number of ether oxygens (including phenoxy) is 2. The highest BCUT2D eigenvalue weighted by atomic mass is 35.5. The molecule has 3 aromatic heterocycles. The molecule has 220 valence electrons. The van der Waals surface area contributed by atoms with E-state index in [0.29, 0.717) is 55.3 Å². The summed E-state index contributed by atoms with van der Waals surface area (Å²) in [6, 6.07) is 16.2. The number of rotatable bonds is 10. The van der Waals surface area contributed by atoms with Gasteiger partial charge in [-0.2, -0.15) is 5.26 Å². The monoisotopic (exact) mass is 619 g/mol. The van der Waals surface area contributed by atoms with Crippen molar-refractivity contribution in [3.8, 4) is 34.4 Å². The second-order valence-electron chi connectivity index (χ2n) is 9.40. The number of aliphatic hydroxyl groups is 2. The smallest absolute Gasteiger partial charge is 0.356 e. The molecule has 0 radical (unpaired) electrons. The van der Waals surface area contributed by atoms with E-state index in [-0.39, 0.29) is 23.6 Å². The lowest BCUT2D eigenvalue weighted by molar-refractivity contribution is 0.0536. The molecule has 0 saturated carbocycles. The molecule has 5 rings (SSSR count). The third-order valence-corrected chi connectivity index (χ3v) is 7.87. The van der Waals surface area contributed by atoms with Crippen molar-refractivity contribution in [3.63, 3.8) is 0 Å². The summed E-state index contributed by atoms with van der Waals surface area (Å²) in [5.41, 5.74) is 9.92. The summed E-state index contributed by atoms with van der Waals surface area (Å²) in [5, 5.41) is 30.5. The van der Waals surface area contributed by atoms with Crippen molar-refractivity contribution in [2.75, 3.05) is 26.1 Å². The molecule has 0 saturated heterocycles. The van der Waals surface area contributed by atoms with Crippen molar-refractivity contribution in [2.45, 2.75) is 16.9 Å². The fourth-order valence-electron chi connectivity index (χ4n) is 4.50. The maximum absolute atomic E-state index is 12.7. The number of oxazole rings is 1. The van der Waals surface area contributed by atoms with E-state index in [9.17, 15) is 15.2 Å². The Morgan fingerprint density at radius 2 is 1.88 bits per heavy atom. The Kier molecular flexibility index (Phi) is 8.89. The van der Waals surface area contributed by atoms with Crippen LogP contribution in [0.15, 0.2) is 64.2 Å². The number of aliphatic hydroxyl groups excluding tert-OH is 2. The van der Waals surface area contributed by atoms with Crippen molar-refractivity contribution in [3.05, 3.63) is 76.8 Å². The fourth-order valence-corrected chi connectivity index (χ4v) is 5.48. The van der Waals surface area contributed by atoms with E-state index in [1.54, 1.807) is 54.3 Å². The number of nitrogens with two attached hydrogens (primary N) is 1. The van der Waals surface area contributed by atoms with E-state index in [4.69, 9.17) is 41.3 Å². The lowest BCUT2D eigenvalue weighted by Crippen LogP contribution is -2.21. The predicted molar refractivity (Wildman–Crippen MR) is 162 cm³/mol. The van der Waals surface area contributed by atoms with Crippen LogP contribution in [-0.4, -0.2) is 57.1 Å². The minimum absolute atomic E-state index is 0.0878. The highest BCUT2D eigenvalue weighted by Crippen LogP contribution is 2.42. The Labute approximate surface area is 255 Å². The van der Waals surface area contributed by atoms with Crippen molar-refractivity contribution < 1.29 is 28.9 Å². The summed E-state index contributed by atoms with van der Waals surface area (Å²) in [6.45, 7) is -0.513. The molecule has 3 heterocycles. The normalized spacial score (nSPS) is 11.8. The Balaban J connectivity index is 1.57. The van der Waals surface area contributed by atoms with E-state index in [2.05, 4.69) is 11.1 Å². The van der Waals surface area contributed by atoms with Crippen LogP contribution < -0.4 is 10.5 Å². The molecule has 1 atom stereocenters. The quantitative estimate of drug-likeness (QED) is 0.145. The molecule has 5 aromatic rings. The lowest BCUT2D eigenvalue weighted by atomic mass is 9.98. The van der Waals surface area contributed by atoms with Gasteiger partial charge in [-0.25, -0.2) is 14.8 Å². The van der Waals surface area contributed by atoms with Gasteiger partial charge in [-0.1, -0.05) is 35.5 Å². The third-order valence-electron chi connectivity index (χ3n) is 6.61. The van der Waals surface area contributed by atoms with Crippen molar-refractivity contribution in [1.82, 2.24) is 14.5 Å². The minimum Gasteiger partial charge on any atom is -0.491 e. The number of nitriles is 1. The van der Waals surface area contributed by atoms with Gasteiger partial charge in [0, 0.05) is 29.0 Å². The number of thioether (sulfide) groups is 1. The number of halogens is 1. The Bertz CT molecular complexity index is 1830. The predicted octanol–water partition coefficient (Wildman–Crippen LogP) is 4.81. The Morgan fingerprint density at radius 1 is 1.19 bits per heavy atom. The van der Waals surface area contributed by atoms with Crippen LogP contribution in [0.1, 0.15) is 21.7 Å². The van der Waals surface area contributed by atoms with E-state index in [0.717, 1.165) is 5.56 Å². The zero-order valence-corrected chi connectivity index (χ0v) is 24.6. The fraction of sp³-hybridized carbons (Fsp3) is 0.200. The maximum atomic E-state index is 12.7. The molecule has 4 N–H and O–H groups in total. The van der Waals surface area contributed by atoms with Gasteiger partial charge in [0.05, 0.1) is 36.0 Å². The molecule has 0 bridgehead atoms. The van der Waals surface area contributed by atoms with Crippen LogP contribution in [0.5, 0.6) is 5.75 Å². The number of pyridine rings is 1. The van der Waals surface area contributed by atoms with E-state index in [1.807, 2.05) is 12.1 Å². The number of carbonyl (C=O) groups is 1. The highest BCUT2D eigenvalue weighted by Gasteiger charge is 2.27. The molecule has 0 amide bonds. The summed E-state index contributed by atoms with van der Waals surface area (Å²) < 4.78 is 17.7. The van der Waals surface area contributed by atoms with E-state index >= 15 is 0 Å². The van der Waals surface area contributed by atoms with Crippen LogP contribution in [0, 0.1) is 11.3 Å². The van der Waals surface area contributed by atoms with Crippen LogP contribution in [0.25, 0.3) is 33.6 Å². The molecular formula is C30H26ClN5O6S. The number of aryl methyl sites for hydroxylation is 1. The number of aromatic nitrogens is 3. The summed E-state index contributed by atoms with van der Waals surface area (Å²) in [6.07, 6.45) is 0.530. The molecular weight excluding hydrogens is 594 g/mol. The molecule has 43 heavy (non-hydrogen) atoms. The van der Waals surface area contributed by atoms with Crippen LogP contribution >= 0.6 is 23.4 Å². The second kappa shape index (κ2) is 12.8. The maximum Gasteiger partial charge on any atom is 0.356 e. The van der Waals surface area contributed by atoms with Crippen molar-refractivity contribution >= 4 is 46.1 Å². The van der Waals surface area contributed by atoms with Gasteiger partial charge in [-0.15, -0.1) is 0 Å². The molecule has 0 aliphatic carbocycles. The number of fused-ring (bicyclic) bond motifs is 1. The molecule has 0 aliphatic heterocycles. The first-order valence-corrected chi connectivity index (χ1v) is 14.3. The molecule has 2 aromatic carbocycles. The molecule has 0 aliphatic rings. The second-order valence-corrected chi connectivity index (χ2v) is 10.8. The van der Waals surface area contributed by atoms with E-state index in [1.165, 1.54) is 18.9 Å². The number of methoxy groups -OCH3 is 1. The summed E-state index contributed by atoms with van der Waals surface area (Å²) in [5.74, 6) is 0.588. The summed E-state index contributed by atoms with van der Waals surface area (Å²) in [4.78, 5) is 22.0. The number of hydrogen-bond acceptors (Lipinski definition) is 11. The van der Waals surface area contributed by atoms with Crippen LogP contribution in [0.3, 0.4) is 0 Å². The average molecular weight is 620 g/mol. The standard InChI is InChI=1S/C30H26ClN5O6S/c1-36-26(30(39)40-2)25(33)24-23(16-5-9-21(10-6-16)41-14-20(38)12-37)22(11-32)29(35-27(24)36)43-15-19-13-42-28(34-19)17-3-7-18(31)8-4-17/h3-10,13,20,37-38H,12,14-15,33H2,1-2H3. The van der Waals surface area contributed by atoms with E-state index < -0.39 is 18.7 Å². The largest absolute Gasteiger partial charge is 0.491 e. The van der Waals surface area contributed by atoms with Gasteiger partial charge in [0.1, 0.15) is 41.5 Å². The minimum atomic E-state index is -1.02. The number of nitrogens with zero attached hydrogens (tertiary/aromatic N) is 4. The van der Waals surface area contributed by atoms with Crippen LogP contribution in [0.2, 0.25) is 5.02 Å². The third kappa shape index (κ3) is 6.02. The van der Waals surface area contributed by atoms with Crippen molar-refractivity contribution in [2.24, 2.45) is 7.05 Å². The number of anilines is 1. The van der Waals surface area contributed by atoms with Gasteiger partial charge < -0.3 is 34.4 Å². The first-order chi connectivity index (χ1) is 20.7. The Hall–Kier alpha value is -4.54.